The van der Waals surface area contributed by atoms with Crippen LogP contribution in [0.2, 0.25) is 10.2 Å². The quantitative estimate of drug-likeness (QED) is 0.604. The van der Waals surface area contributed by atoms with E-state index in [9.17, 15) is 0 Å². The first-order valence-corrected chi connectivity index (χ1v) is 4.65. The van der Waals surface area contributed by atoms with Crippen molar-refractivity contribution in [2.45, 2.75) is 6.92 Å². The number of pyridine rings is 1. The number of fused-ring (bicyclic) bond motifs is 1. The number of hydrogen-bond acceptors (Lipinski definition) is 1. The molecule has 2 rings (SSSR count). The maximum absolute atomic E-state index is 5.98. The van der Waals surface area contributed by atoms with E-state index in [1.807, 2.05) is 25.1 Å². The Bertz CT molecular complexity index is 466. The summed E-state index contributed by atoms with van der Waals surface area (Å²) in [5, 5.41) is 3.30. The molecule has 1 aromatic carbocycles. The summed E-state index contributed by atoms with van der Waals surface area (Å²) >= 11 is 11.9. The maximum atomic E-state index is 5.98. The van der Waals surface area contributed by atoms with Crippen LogP contribution in [-0.4, -0.2) is 4.98 Å². The van der Waals surface area contributed by atoms with Gasteiger partial charge in [-0.1, -0.05) is 23.2 Å². The fraction of sp³-hybridized carbons (Fsp3) is 0.100. The Morgan fingerprint density at radius 3 is 2.62 bits per heavy atom. The Kier molecular flexibility index (Phi) is 2.14. The van der Waals surface area contributed by atoms with Gasteiger partial charge in [-0.2, -0.15) is 0 Å². The molecule has 0 atom stereocenters. The van der Waals surface area contributed by atoms with Gasteiger partial charge in [0.25, 0.3) is 0 Å². The van der Waals surface area contributed by atoms with Crippen LogP contribution in [0.4, 0.5) is 0 Å². The highest BCUT2D eigenvalue weighted by Crippen LogP contribution is 2.28. The van der Waals surface area contributed by atoms with Crippen molar-refractivity contribution in [2.24, 2.45) is 0 Å². The number of rotatable bonds is 0. The predicted octanol–water partition coefficient (Wildman–Crippen LogP) is 3.85. The van der Waals surface area contributed by atoms with Gasteiger partial charge in [0.05, 0.1) is 0 Å². The smallest absolute Gasteiger partial charge is 0.136 e. The van der Waals surface area contributed by atoms with Crippen molar-refractivity contribution >= 4 is 34.0 Å². The molecule has 2 aromatic rings. The molecule has 3 heteroatoms. The van der Waals surface area contributed by atoms with Crippen molar-refractivity contribution in [3.63, 3.8) is 0 Å². The molecule has 13 heavy (non-hydrogen) atoms. The number of aryl methyl sites for hydroxylation is 1. The van der Waals surface area contributed by atoms with Gasteiger partial charge in [0.15, 0.2) is 0 Å². The van der Waals surface area contributed by atoms with Gasteiger partial charge in [0, 0.05) is 16.6 Å². The standard InChI is InChI=1S/C10H7Cl2N/c1-6-7-4-5-13-10(12)8(7)2-3-9(6)11/h2-5H,1H3. The van der Waals surface area contributed by atoms with E-state index >= 15 is 0 Å². The summed E-state index contributed by atoms with van der Waals surface area (Å²) in [7, 11) is 0. The molecule has 1 aromatic heterocycles. The molecule has 0 aliphatic carbocycles. The van der Waals surface area contributed by atoms with Gasteiger partial charge in [-0.05, 0) is 36.1 Å². The van der Waals surface area contributed by atoms with Crippen LogP contribution in [0.15, 0.2) is 24.4 Å². The Labute approximate surface area is 86.3 Å². The Morgan fingerprint density at radius 2 is 1.85 bits per heavy atom. The van der Waals surface area contributed by atoms with Crippen LogP contribution in [0.25, 0.3) is 10.8 Å². The molecule has 0 bridgehead atoms. The molecule has 0 saturated heterocycles. The second kappa shape index (κ2) is 3.17. The fourth-order valence-electron chi connectivity index (χ4n) is 1.34. The molecular weight excluding hydrogens is 205 g/mol. The number of nitrogens with zero attached hydrogens (tertiary/aromatic N) is 1. The van der Waals surface area contributed by atoms with Crippen LogP contribution in [0.5, 0.6) is 0 Å². The predicted molar refractivity (Wildman–Crippen MR) is 56.5 cm³/mol. The van der Waals surface area contributed by atoms with Crippen molar-refractivity contribution in [2.75, 3.05) is 0 Å². The van der Waals surface area contributed by atoms with Crippen molar-refractivity contribution in [1.29, 1.82) is 0 Å². The Balaban J connectivity index is 2.94. The summed E-state index contributed by atoms with van der Waals surface area (Å²) < 4.78 is 0. The fourth-order valence-corrected chi connectivity index (χ4v) is 1.73. The lowest BCUT2D eigenvalue weighted by atomic mass is 10.1. The molecule has 0 N–H and O–H groups in total. The maximum Gasteiger partial charge on any atom is 0.136 e. The molecule has 0 amide bonds. The molecule has 1 nitrogen and oxygen atoms in total. The third-order valence-electron chi connectivity index (χ3n) is 2.10. The van der Waals surface area contributed by atoms with E-state index in [1.54, 1.807) is 6.20 Å². The van der Waals surface area contributed by atoms with E-state index in [1.165, 1.54) is 0 Å². The van der Waals surface area contributed by atoms with Gasteiger partial charge in [-0.15, -0.1) is 0 Å². The van der Waals surface area contributed by atoms with Gasteiger partial charge in [0.1, 0.15) is 5.15 Å². The van der Waals surface area contributed by atoms with Crippen LogP contribution in [0.1, 0.15) is 5.56 Å². The molecule has 0 unspecified atom stereocenters. The van der Waals surface area contributed by atoms with Crippen molar-refractivity contribution < 1.29 is 0 Å². The third kappa shape index (κ3) is 1.38. The summed E-state index contributed by atoms with van der Waals surface area (Å²) in [5.74, 6) is 0. The zero-order chi connectivity index (χ0) is 9.42. The summed E-state index contributed by atoms with van der Waals surface area (Å²) in [4.78, 5) is 4.00. The second-order valence-electron chi connectivity index (χ2n) is 2.87. The monoisotopic (exact) mass is 211 g/mol. The zero-order valence-electron chi connectivity index (χ0n) is 7.01. The van der Waals surface area contributed by atoms with E-state index in [2.05, 4.69) is 4.98 Å². The highest BCUT2D eigenvalue weighted by molar-refractivity contribution is 6.35. The molecule has 0 saturated carbocycles. The minimum atomic E-state index is 0.525. The van der Waals surface area contributed by atoms with Crippen LogP contribution < -0.4 is 0 Å². The molecule has 1 heterocycles. The number of aromatic nitrogens is 1. The lowest BCUT2D eigenvalue weighted by Gasteiger charge is -2.04. The van der Waals surface area contributed by atoms with Crippen LogP contribution in [-0.2, 0) is 0 Å². The number of hydrogen-bond donors (Lipinski definition) is 0. The normalized spacial score (nSPS) is 10.7. The average Bonchev–Trinajstić information content (AvgIpc) is 2.12. The zero-order valence-corrected chi connectivity index (χ0v) is 8.52. The highest BCUT2D eigenvalue weighted by Gasteiger charge is 2.04. The summed E-state index contributed by atoms with van der Waals surface area (Å²) in [6.45, 7) is 1.97. The molecular formula is C10H7Cl2N. The SMILES string of the molecule is Cc1c(Cl)ccc2c(Cl)nccc12. The van der Waals surface area contributed by atoms with E-state index in [4.69, 9.17) is 23.2 Å². The first-order valence-electron chi connectivity index (χ1n) is 3.89. The molecule has 0 fully saturated rings. The summed E-state index contributed by atoms with van der Waals surface area (Å²) in [6, 6.07) is 5.65. The van der Waals surface area contributed by atoms with Gasteiger partial charge in [0.2, 0.25) is 0 Å². The molecule has 0 aliphatic rings. The number of halogens is 2. The summed E-state index contributed by atoms with van der Waals surface area (Å²) in [5.41, 5.74) is 1.04. The Hall–Kier alpha value is -0.790. The van der Waals surface area contributed by atoms with E-state index in [-0.39, 0.29) is 0 Å². The minimum Gasteiger partial charge on any atom is -0.244 e. The van der Waals surface area contributed by atoms with Crippen LogP contribution in [0, 0.1) is 6.92 Å². The Morgan fingerprint density at radius 1 is 1.08 bits per heavy atom. The molecule has 66 valence electrons. The lowest BCUT2D eigenvalue weighted by molar-refractivity contribution is 1.35. The summed E-state index contributed by atoms with van der Waals surface area (Å²) in [6.07, 6.45) is 1.69. The number of benzene rings is 1. The van der Waals surface area contributed by atoms with Gasteiger partial charge < -0.3 is 0 Å². The lowest BCUT2D eigenvalue weighted by Crippen LogP contribution is -1.83. The van der Waals surface area contributed by atoms with E-state index < -0.39 is 0 Å². The van der Waals surface area contributed by atoms with Crippen molar-refractivity contribution in [3.05, 3.63) is 40.1 Å². The van der Waals surface area contributed by atoms with Crippen LogP contribution in [0.3, 0.4) is 0 Å². The molecule has 0 spiro atoms. The molecule has 0 radical (unpaired) electrons. The minimum absolute atomic E-state index is 0.525. The van der Waals surface area contributed by atoms with Gasteiger partial charge >= 0.3 is 0 Å². The first kappa shape index (κ1) is 8.79. The van der Waals surface area contributed by atoms with Gasteiger partial charge in [-0.3, -0.25) is 0 Å². The largest absolute Gasteiger partial charge is 0.244 e. The van der Waals surface area contributed by atoms with Gasteiger partial charge in [-0.25, -0.2) is 4.98 Å². The van der Waals surface area contributed by atoms with Crippen molar-refractivity contribution in [1.82, 2.24) is 4.98 Å². The average molecular weight is 212 g/mol. The third-order valence-corrected chi connectivity index (χ3v) is 2.81. The first-order chi connectivity index (χ1) is 6.20. The highest BCUT2D eigenvalue weighted by atomic mass is 35.5. The molecule has 0 aliphatic heterocycles. The van der Waals surface area contributed by atoms with E-state index in [0.29, 0.717) is 5.15 Å². The van der Waals surface area contributed by atoms with Crippen molar-refractivity contribution in [3.8, 4) is 0 Å². The topological polar surface area (TPSA) is 12.9 Å². The van der Waals surface area contributed by atoms with E-state index in [0.717, 1.165) is 21.4 Å². The second-order valence-corrected chi connectivity index (χ2v) is 3.63. The van der Waals surface area contributed by atoms with Crippen LogP contribution >= 0.6 is 23.2 Å².